The minimum atomic E-state index is -0.169. The Kier molecular flexibility index (Phi) is 6.17. The molecule has 1 aliphatic heterocycles. The van der Waals surface area contributed by atoms with Gasteiger partial charge < -0.3 is 14.7 Å². The fraction of sp³-hybridized carbons (Fsp3) is 0.435. The van der Waals surface area contributed by atoms with Gasteiger partial charge in [-0.15, -0.1) is 0 Å². The second-order valence-electron chi connectivity index (χ2n) is 7.44. The highest BCUT2D eigenvalue weighted by Crippen LogP contribution is 2.42. The van der Waals surface area contributed by atoms with E-state index in [2.05, 4.69) is 19.1 Å². The number of carbonyl (C=O) groups is 1. The molecule has 1 N–H and O–H groups in total. The van der Waals surface area contributed by atoms with E-state index in [1.54, 1.807) is 7.11 Å². The lowest BCUT2D eigenvalue weighted by Gasteiger charge is -2.44. The third-order valence-corrected chi connectivity index (χ3v) is 5.91. The van der Waals surface area contributed by atoms with Gasteiger partial charge in [-0.2, -0.15) is 0 Å². The van der Waals surface area contributed by atoms with Crippen molar-refractivity contribution in [2.45, 2.75) is 44.1 Å². The molecule has 0 aliphatic carbocycles. The average molecular weight is 367 g/mol. The summed E-state index contributed by atoms with van der Waals surface area (Å²) >= 11 is 0. The van der Waals surface area contributed by atoms with Crippen LogP contribution < -0.4 is 4.74 Å². The molecule has 0 aromatic heterocycles. The number of benzene rings is 2. The van der Waals surface area contributed by atoms with Crippen molar-refractivity contribution in [3.05, 3.63) is 65.7 Å². The maximum Gasteiger partial charge on any atom is 0.223 e. The molecule has 2 aromatic rings. The highest BCUT2D eigenvalue weighted by Gasteiger charge is 2.41. The van der Waals surface area contributed by atoms with Crippen molar-refractivity contribution in [1.29, 1.82) is 0 Å². The summed E-state index contributed by atoms with van der Waals surface area (Å²) in [6, 6.07) is 18.3. The van der Waals surface area contributed by atoms with Crippen LogP contribution in [0, 0.1) is 0 Å². The van der Waals surface area contributed by atoms with E-state index in [-0.39, 0.29) is 24.0 Å². The molecule has 1 saturated heterocycles. The largest absolute Gasteiger partial charge is 0.497 e. The summed E-state index contributed by atoms with van der Waals surface area (Å²) in [6.45, 7) is 2.98. The number of amides is 1. The molecule has 1 aliphatic rings. The number of hydrogen-bond acceptors (Lipinski definition) is 3. The van der Waals surface area contributed by atoms with Crippen molar-refractivity contribution in [1.82, 2.24) is 4.90 Å². The smallest absolute Gasteiger partial charge is 0.223 e. The summed E-state index contributed by atoms with van der Waals surface area (Å²) in [5.74, 6) is 1.01. The Morgan fingerprint density at radius 1 is 1.15 bits per heavy atom. The number of nitrogens with zero attached hydrogens (tertiary/aromatic N) is 1. The molecular formula is C23H29NO3. The quantitative estimate of drug-likeness (QED) is 0.802. The van der Waals surface area contributed by atoms with Crippen LogP contribution in [0.2, 0.25) is 0 Å². The van der Waals surface area contributed by atoms with Crippen molar-refractivity contribution >= 4 is 5.91 Å². The van der Waals surface area contributed by atoms with Gasteiger partial charge in [0, 0.05) is 25.0 Å². The van der Waals surface area contributed by atoms with Gasteiger partial charge in [-0.05, 0) is 49.4 Å². The van der Waals surface area contributed by atoms with Crippen molar-refractivity contribution in [3.63, 3.8) is 0 Å². The maximum atomic E-state index is 13.1. The molecule has 0 saturated carbocycles. The van der Waals surface area contributed by atoms with Gasteiger partial charge in [-0.25, -0.2) is 0 Å². The first-order valence-electron chi connectivity index (χ1n) is 9.69. The van der Waals surface area contributed by atoms with Crippen LogP contribution in [-0.2, 0) is 10.2 Å². The Morgan fingerprint density at radius 2 is 1.85 bits per heavy atom. The molecule has 0 radical (unpaired) electrons. The third-order valence-electron chi connectivity index (χ3n) is 5.91. The van der Waals surface area contributed by atoms with Gasteiger partial charge in [0.15, 0.2) is 0 Å². The topological polar surface area (TPSA) is 49.8 Å². The standard InChI is InChI=1S/C23H29NO3/c1-18(19-9-11-21(27-2)12-10-19)24-15-14-23(13-6-16-25,17-22(24)26)20-7-4-3-5-8-20/h3-5,7-12,18,25H,6,13-17H2,1-2H3/t18-,23-/m0/s1. The van der Waals surface area contributed by atoms with Gasteiger partial charge in [0.05, 0.1) is 13.2 Å². The molecule has 3 rings (SSSR count). The Balaban J connectivity index is 1.78. The average Bonchev–Trinajstić information content (AvgIpc) is 2.72. The molecule has 0 bridgehead atoms. The summed E-state index contributed by atoms with van der Waals surface area (Å²) in [5, 5.41) is 9.35. The van der Waals surface area contributed by atoms with Gasteiger partial charge in [0.2, 0.25) is 5.91 Å². The monoisotopic (exact) mass is 367 g/mol. The number of rotatable bonds is 7. The Hall–Kier alpha value is -2.33. The van der Waals surface area contributed by atoms with Crippen LogP contribution >= 0.6 is 0 Å². The van der Waals surface area contributed by atoms with Crippen LogP contribution in [-0.4, -0.2) is 36.2 Å². The molecule has 27 heavy (non-hydrogen) atoms. The van der Waals surface area contributed by atoms with Crippen molar-refractivity contribution < 1.29 is 14.6 Å². The summed E-state index contributed by atoms with van der Waals surface area (Å²) in [6.07, 6.45) is 2.97. The van der Waals surface area contributed by atoms with Crippen molar-refractivity contribution in [3.8, 4) is 5.75 Å². The van der Waals surface area contributed by atoms with E-state index in [9.17, 15) is 9.90 Å². The number of ether oxygens (including phenoxy) is 1. The first-order chi connectivity index (χ1) is 13.1. The summed E-state index contributed by atoms with van der Waals surface area (Å²) in [5.41, 5.74) is 2.16. The molecule has 1 heterocycles. The van der Waals surface area contributed by atoms with Crippen molar-refractivity contribution in [2.75, 3.05) is 20.3 Å². The Labute approximate surface area is 161 Å². The molecule has 0 unspecified atom stereocenters. The Bertz CT molecular complexity index is 744. The van der Waals surface area contributed by atoms with Gasteiger partial charge in [0.1, 0.15) is 5.75 Å². The minimum absolute atomic E-state index is 0.0371. The second-order valence-corrected chi connectivity index (χ2v) is 7.44. The van der Waals surface area contributed by atoms with Crippen LogP contribution in [0.15, 0.2) is 54.6 Å². The summed E-state index contributed by atoms with van der Waals surface area (Å²) < 4.78 is 5.23. The van der Waals surface area contributed by atoms with E-state index in [1.807, 2.05) is 47.4 Å². The zero-order chi connectivity index (χ0) is 19.3. The van der Waals surface area contributed by atoms with E-state index in [4.69, 9.17) is 4.74 Å². The molecule has 4 heteroatoms. The van der Waals surface area contributed by atoms with E-state index < -0.39 is 0 Å². The molecule has 1 amide bonds. The van der Waals surface area contributed by atoms with E-state index in [1.165, 1.54) is 5.56 Å². The SMILES string of the molecule is COc1ccc([C@H](C)N2CC[C@](CCCO)(c3ccccc3)CC2=O)cc1. The van der Waals surface area contributed by atoms with Gasteiger partial charge in [-0.3, -0.25) is 4.79 Å². The normalized spacial score (nSPS) is 21.1. The predicted molar refractivity (Wildman–Crippen MR) is 107 cm³/mol. The maximum absolute atomic E-state index is 13.1. The van der Waals surface area contributed by atoms with E-state index in [0.29, 0.717) is 6.42 Å². The fourth-order valence-corrected chi connectivity index (χ4v) is 4.22. The zero-order valence-electron chi connectivity index (χ0n) is 16.2. The third kappa shape index (κ3) is 4.16. The van der Waals surface area contributed by atoms with Gasteiger partial charge in [-0.1, -0.05) is 42.5 Å². The number of carbonyl (C=O) groups excluding carboxylic acids is 1. The van der Waals surface area contributed by atoms with Crippen LogP contribution in [0.5, 0.6) is 5.75 Å². The number of likely N-dealkylation sites (tertiary alicyclic amines) is 1. The molecule has 2 aromatic carbocycles. The fourth-order valence-electron chi connectivity index (χ4n) is 4.22. The minimum Gasteiger partial charge on any atom is -0.497 e. The lowest BCUT2D eigenvalue weighted by Crippen LogP contribution is -2.47. The Morgan fingerprint density at radius 3 is 2.44 bits per heavy atom. The molecule has 0 spiro atoms. The van der Waals surface area contributed by atoms with Crippen molar-refractivity contribution in [2.24, 2.45) is 0 Å². The van der Waals surface area contributed by atoms with Crippen LogP contribution in [0.25, 0.3) is 0 Å². The summed E-state index contributed by atoms with van der Waals surface area (Å²) in [4.78, 5) is 15.1. The predicted octanol–water partition coefficient (Wildman–Crippen LogP) is 4.09. The number of piperidine rings is 1. The van der Waals surface area contributed by atoms with Crippen LogP contribution in [0.4, 0.5) is 0 Å². The highest BCUT2D eigenvalue weighted by molar-refractivity contribution is 5.79. The first-order valence-corrected chi connectivity index (χ1v) is 9.69. The molecule has 2 atom stereocenters. The van der Waals surface area contributed by atoms with E-state index >= 15 is 0 Å². The first kappa shape index (κ1) is 19.4. The zero-order valence-corrected chi connectivity index (χ0v) is 16.2. The van der Waals surface area contributed by atoms with Gasteiger partial charge in [0.25, 0.3) is 0 Å². The molecule has 4 nitrogen and oxygen atoms in total. The number of aliphatic hydroxyl groups excluding tert-OH is 1. The lowest BCUT2D eigenvalue weighted by molar-refractivity contribution is -0.138. The number of methoxy groups -OCH3 is 1. The molecule has 144 valence electrons. The lowest BCUT2D eigenvalue weighted by atomic mass is 9.69. The van der Waals surface area contributed by atoms with E-state index in [0.717, 1.165) is 37.1 Å². The summed E-state index contributed by atoms with van der Waals surface area (Å²) in [7, 11) is 1.65. The van der Waals surface area contributed by atoms with Crippen LogP contribution in [0.1, 0.15) is 49.8 Å². The number of hydrogen-bond donors (Lipinski definition) is 1. The molecule has 1 fully saturated rings. The number of aliphatic hydroxyl groups is 1. The second kappa shape index (κ2) is 8.57. The molecular weight excluding hydrogens is 338 g/mol. The highest BCUT2D eigenvalue weighted by atomic mass is 16.5. The van der Waals surface area contributed by atoms with Gasteiger partial charge >= 0.3 is 0 Å². The van der Waals surface area contributed by atoms with Crippen LogP contribution in [0.3, 0.4) is 0 Å².